The summed E-state index contributed by atoms with van der Waals surface area (Å²) in [6, 6.07) is 0. The third-order valence-corrected chi connectivity index (χ3v) is 3.58. The zero-order valence-corrected chi connectivity index (χ0v) is 9.43. The number of aryl methyl sites for hydroxylation is 1. The fraction of sp³-hybridized carbons (Fsp3) is 0.750. The molecule has 0 aliphatic carbocycles. The molecule has 2 atom stereocenters. The van der Waals surface area contributed by atoms with E-state index in [1.165, 1.54) is 0 Å². The van der Waals surface area contributed by atoms with E-state index in [0.29, 0.717) is 5.92 Å². The van der Waals surface area contributed by atoms with Crippen LogP contribution >= 0.6 is 0 Å². The van der Waals surface area contributed by atoms with Gasteiger partial charge in [0.1, 0.15) is 11.9 Å². The molecular formula is C12H18N2O2. The highest BCUT2D eigenvalue weighted by Gasteiger charge is 2.25. The van der Waals surface area contributed by atoms with Crippen LogP contribution in [0.4, 0.5) is 0 Å². The van der Waals surface area contributed by atoms with Crippen molar-refractivity contribution in [3.63, 3.8) is 0 Å². The van der Waals surface area contributed by atoms with Crippen molar-refractivity contribution in [3.05, 3.63) is 17.7 Å². The monoisotopic (exact) mass is 222 g/mol. The molecule has 0 radical (unpaired) electrons. The van der Waals surface area contributed by atoms with E-state index < -0.39 is 0 Å². The van der Waals surface area contributed by atoms with Gasteiger partial charge in [-0.2, -0.15) is 0 Å². The van der Waals surface area contributed by atoms with Crippen LogP contribution in [0.2, 0.25) is 0 Å². The molecular weight excluding hydrogens is 204 g/mol. The minimum absolute atomic E-state index is 0.369. The average molecular weight is 222 g/mol. The Morgan fingerprint density at radius 3 is 3.06 bits per heavy atom. The first-order chi connectivity index (χ1) is 7.84. The number of aromatic nitrogens is 2. The highest BCUT2D eigenvalue weighted by molar-refractivity contribution is 5.13. The smallest absolute Gasteiger partial charge is 0.137 e. The van der Waals surface area contributed by atoms with Crippen molar-refractivity contribution < 1.29 is 9.84 Å². The van der Waals surface area contributed by atoms with E-state index in [4.69, 9.17) is 4.74 Å². The van der Waals surface area contributed by atoms with Crippen LogP contribution in [0, 0.1) is 0 Å². The highest BCUT2D eigenvalue weighted by atomic mass is 16.5. The number of aliphatic hydroxyl groups is 1. The second-order valence-electron chi connectivity index (χ2n) is 4.79. The maximum atomic E-state index is 9.86. The molecule has 88 valence electrons. The normalized spacial score (nSPS) is 30.1. The molecule has 0 spiro atoms. The van der Waals surface area contributed by atoms with Crippen LogP contribution in [0.1, 0.15) is 49.2 Å². The first-order valence-corrected chi connectivity index (χ1v) is 6.17. The lowest BCUT2D eigenvalue weighted by Crippen LogP contribution is -2.16. The number of imidazole rings is 1. The number of aliphatic hydroxyl groups excluding tert-OH is 1. The van der Waals surface area contributed by atoms with E-state index in [9.17, 15) is 5.11 Å². The molecule has 1 saturated heterocycles. The molecule has 2 aliphatic heterocycles. The van der Waals surface area contributed by atoms with Crippen molar-refractivity contribution in [2.24, 2.45) is 0 Å². The molecule has 4 nitrogen and oxygen atoms in total. The molecule has 0 bridgehead atoms. The number of fused-ring (bicyclic) bond motifs is 1. The Labute approximate surface area is 95.3 Å². The number of hydrogen-bond acceptors (Lipinski definition) is 3. The molecule has 1 fully saturated rings. The summed E-state index contributed by atoms with van der Waals surface area (Å²) in [6.45, 7) is 2.66. The van der Waals surface area contributed by atoms with Gasteiger partial charge in [0.05, 0.1) is 12.3 Å². The first-order valence-electron chi connectivity index (χ1n) is 6.17. The summed E-state index contributed by atoms with van der Waals surface area (Å²) in [5.74, 6) is 1.28. The number of hydrogen-bond donors (Lipinski definition) is 1. The Hall–Kier alpha value is -0.870. The van der Waals surface area contributed by atoms with E-state index in [0.717, 1.165) is 57.0 Å². The lowest BCUT2D eigenvalue weighted by atomic mass is 9.99. The van der Waals surface area contributed by atoms with E-state index in [1.54, 1.807) is 0 Å². The van der Waals surface area contributed by atoms with Crippen LogP contribution in [-0.2, 0) is 11.3 Å². The molecule has 0 amide bonds. The summed E-state index contributed by atoms with van der Waals surface area (Å²) >= 11 is 0. The minimum atomic E-state index is -0.369. The molecule has 3 heterocycles. The maximum absolute atomic E-state index is 9.86. The van der Waals surface area contributed by atoms with Crippen LogP contribution < -0.4 is 0 Å². The highest BCUT2D eigenvalue weighted by Crippen LogP contribution is 2.29. The van der Waals surface area contributed by atoms with Crippen molar-refractivity contribution in [3.8, 4) is 0 Å². The summed E-state index contributed by atoms with van der Waals surface area (Å²) in [4.78, 5) is 4.59. The Balaban J connectivity index is 1.85. The molecule has 16 heavy (non-hydrogen) atoms. The number of nitrogens with zero attached hydrogens (tertiary/aromatic N) is 2. The van der Waals surface area contributed by atoms with Crippen LogP contribution in [0.5, 0.6) is 0 Å². The number of rotatable bonds is 1. The van der Waals surface area contributed by atoms with E-state index in [2.05, 4.69) is 15.7 Å². The van der Waals surface area contributed by atoms with Gasteiger partial charge in [0.15, 0.2) is 0 Å². The van der Waals surface area contributed by atoms with Crippen LogP contribution in [-0.4, -0.2) is 27.9 Å². The van der Waals surface area contributed by atoms with Gasteiger partial charge in [-0.05, 0) is 25.7 Å². The Morgan fingerprint density at radius 2 is 2.31 bits per heavy atom. The van der Waals surface area contributed by atoms with Gasteiger partial charge < -0.3 is 14.4 Å². The SMILES string of the molecule is OC1CCCn2cc(C3CCCOC3)nc21. The molecule has 0 saturated carbocycles. The zero-order chi connectivity index (χ0) is 11.0. The molecule has 2 aliphatic rings. The van der Waals surface area contributed by atoms with Crippen molar-refractivity contribution in [1.29, 1.82) is 0 Å². The fourth-order valence-corrected chi connectivity index (χ4v) is 2.65. The summed E-state index contributed by atoms with van der Waals surface area (Å²) in [6.07, 6.45) is 5.91. The van der Waals surface area contributed by atoms with Gasteiger partial charge in [0, 0.05) is 25.3 Å². The Kier molecular flexibility index (Phi) is 2.69. The van der Waals surface area contributed by atoms with Gasteiger partial charge in [-0.3, -0.25) is 0 Å². The van der Waals surface area contributed by atoms with Gasteiger partial charge in [-0.25, -0.2) is 4.98 Å². The molecule has 3 rings (SSSR count). The van der Waals surface area contributed by atoms with Gasteiger partial charge >= 0.3 is 0 Å². The molecule has 0 aromatic carbocycles. The molecule has 2 unspecified atom stereocenters. The second-order valence-corrected chi connectivity index (χ2v) is 4.79. The minimum Gasteiger partial charge on any atom is -0.385 e. The summed E-state index contributed by atoms with van der Waals surface area (Å²) in [5.41, 5.74) is 1.11. The van der Waals surface area contributed by atoms with Gasteiger partial charge in [-0.1, -0.05) is 0 Å². The third-order valence-electron chi connectivity index (χ3n) is 3.58. The molecule has 1 aromatic heterocycles. The van der Waals surface area contributed by atoms with Gasteiger partial charge in [0.2, 0.25) is 0 Å². The molecule has 4 heteroatoms. The predicted molar refractivity (Wildman–Crippen MR) is 59.2 cm³/mol. The summed E-state index contributed by atoms with van der Waals surface area (Å²) in [5, 5.41) is 9.86. The fourth-order valence-electron chi connectivity index (χ4n) is 2.65. The largest absolute Gasteiger partial charge is 0.385 e. The van der Waals surface area contributed by atoms with Crippen LogP contribution in [0.15, 0.2) is 6.20 Å². The quantitative estimate of drug-likeness (QED) is 0.785. The Bertz CT molecular complexity index is 369. The molecule has 1 N–H and O–H groups in total. The lowest BCUT2D eigenvalue weighted by Gasteiger charge is -2.19. The van der Waals surface area contributed by atoms with Crippen LogP contribution in [0.3, 0.4) is 0 Å². The van der Waals surface area contributed by atoms with E-state index in [-0.39, 0.29) is 6.10 Å². The average Bonchev–Trinajstić information content (AvgIpc) is 2.76. The summed E-state index contributed by atoms with van der Waals surface area (Å²) in [7, 11) is 0. The van der Waals surface area contributed by atoms with Crippen molar-refractivity contribution >= 4 is 0 Å². The summed E-state index contributed by atoms with van der Waals surface area (Å²) < 4.78 is 7.59. The van der Waals surface area contributed by atoms with Crippen molar-refractivity contribution in [1.82, 2.24) is 9.55 Å². The van der Waals surface area contributed by atoms with Gasteiger partial charge in [0.25, 0.3) is 0 Å². The number of ether oxygens (including phenoxy) is 1. The topological polar surface area (TPSA) is 47.3 Å². The van der Waals surface area contributed by atoms with Gasteiger partial charge in [-0.15, -0.1) is 0 Å². The van der Waals surface area contributed by atoms with E-state index in [1.807, 2.05) is 0 Å². The Morgan fingerprint density at radius 1 is 1.38 bits per heavy atom. The second kappa shape index (κ2) is 4.18. The maximum Gasteiger partial charge on any atom is 0.137 e. The zero-order valence-electron chi connectivity index (χ0n) is 9.43. The lowest BCUT2D eigenvalue weighted by molar-refractivity contribution is 0.0792. The van der Waals surface area contributed by atoms with Crippen molar-refractivity contribution in [2.75, 3.05) is 13.2 Å². The first kappa shape index (κ1) is 10.3. The van der Waals surface area contributed by atoms with E-state index >= 15 is 0 Å². The predicted octanol–water partition coefficient (Wildman–Crippen LogP) is 1.60. The third kappa shape index (κ3) is 1.76. The standard InChI is InChI=1S/C12H18N2O2/c15-11-4-1-5-14-7-10(13-12(11)14)9-3-2-6-16-8-9/h7,9,11,15H,1-6,8H2. The molecule has 1 aromatic rings. The van der Waals surface area contributed by atoms with Crippen molar-refractivity contribution in [2.45, 2.75) is 44.2 Å². The van der Waals surface area contributed by atoms with Crippen LogP contribution in [0.25, 0.3) is 0 Å².